The SMILES string of the molecule is N#Cc1ccc(CN2C(=O)CCCCC2=O)c(Cl)c1. The molecule has 0 atom stereocenters. The van der Waals surface area contributed by atoms with Crippen LogP contribution in [0.25, 0.3) is 0 Å². The highest BCUT2D eigenvalue weighted by atomic mass is 35.5. The maximum atomic E-state index is 11.9. The predicted molar refractivity (Wildman–Crippen MR) is 70.2 cm³/mol. The van der Waals surface area contributed by atoms with E-state index in [2.05, 4.69) is 0 Å². The molecule has 1 aromatic carbocycles. The molecule has 5 heteroatoms. The van der Waals surface area contributed by atoms with E-state index in [1.807, 2.05) is 6.07 Å². The van der Waals surface area contributed by atoms with Crippen LogP contribution in [0.5, 0.6) is 0 Å². The van der Waals surface area contributed by atoms with Gasteiger partial charge in [-0.15, -0.1) is 0 Å². The fourth-order valence-corrected chi connectivity index (χ4v) is 2.29. The molecule has 0 aromatic heterocycles. The summed E-state index contributed by atoms with van der Waals surface area (Å²) in [7, 11) is 0. The highest BCUT2D eigenvalue weighted by molar-refractivity contribution is 6.31. The first kappa shape index (κ1) is 13.6. The van der Waals surface area contributed by atoms with E-state index in [1.54, 1.807) is 18.2 Å². The minimum Gasteiger partial charge on any atom is -0.278 e. The average Bonchev–Trinajstić information content (AvgIpc) is 2.55. The van der Waals surface area contributed by atoms with Crippen molar-refractivity contribution in [1.82, 2.24) is 4.90 Å². The van der Waals surface area contributed by atoms with Crippen LogP contribution in [0.15, 0.2) is 18.2 Å². The summed E-state index contributed by atoms with van der Waals surface area (Å²) in [6.07, 6.45) is 2.31. The van der Waals surface area contributed by atoms with Crippen LogP contribution in [0.2, 0.25) is 5.02 Å². The number of hydrogen-bond donors (Lipinski definition) is 0. The summed E-state index contributed by atoms with van der Waals surface area (Å²) in [5, 5.41) is 9.17. The molecular weight excluding hydrogens is 264 g/mol. The molecule has 0 bridgehead atoms. The average molecular weight is 277 g/mol. The van der Waals surface area contributed by atoms with Crippen molar-refractivity contribution in [1.29, 1.82) is 5.26 Å². The maximum Gasteiger partial charge on any atom is 0.229 e. The van der Waals surface area contributed by atoms with Crippen LogP contribution >= 0.6 is 11.6 Å². The van der Waals surface area contributed by atoms with Crippen molar-refractivity contribution in [3.8, 4) is 6.07 Å². The first-order chi connectivity index (χ1) is 9.11. The van der Waals surface area contributed by atoms with Crippen LogP contribution in [0.1, 0.15) is 36.8 Å². The van der Waals surface area contributed by atoms with Crippen LogP contribution in [-0.4, -0.2) is 16.7 Å². The van der Waals surface area contributed by atoms with Gasteiger partial charge in [0.25, 0.3) is 0 Å². The van der Waals surface area contributed by atoms with Crippen LogP contribution in [0.3, 0.4) is 0 Å². The summed E-state index contributed by atoms with van der Waals surface area (Å²) in [6, 6.07) is 6.86. The molecule has 1 aliphatic rings. The Labute approximate surface area is 116 Å². The number of rotatable bonds is 2. The molecule has 98 valence electrons. The van der Waals surface area contributed by atoms with E-state index in [-0.39, 0.29) is 18.4 Å². The lowest BCUT2D eigenvalue weighted by Crippen LogP contribution is -2.34. The van der Waals surface area contributed by atoms with Crippen molar-refractivity contribution in [3.05, 3.63) is 34.3 Å². The van der Waals surface area contributed by atoms with E-state index >= 15 is 0 Å². The zero-order chi connectivity index (χ0) is 13.8. The molecule has 1 aliphatic heterocycles. The minimum atomic E-state index is -0.150. The molecule has 0 unspecified atom stereocenters. The Morgan fingerprint density at radius 2 is 1.84 bits per heavy atom. The molecule has 1 fully saturated rings. The third-order valence-electron chi connectivity index (χ3n) is 3.14. The number of amides is 2. The highest BCUT2D eigenvalue weighted by Gasteiger charge is 2.24. The minimum absolute atomic E-state index is 0.150. The van der Waals surface area contributed by atoms with Crippen molar-refractivity contribution in [3.63, 3.8) is 0 Å². The van der Waals surface area contributed by atoms with Crippen molar-refractivity contribution in [2.24, 2.45) is 0 Å². The first-order valence-corrected chi connectivity index (χ1v) is 6.51. The Morgan fingerprint density at radius 1 is 1.21 bits per heavy atom. The molecule has 2 rings (SSSR count). The largest absolute Gasteiger partial charge is 0.278 e. The topological polar surface area (TPSA) is 61.2 Å². The van der Waals surface area contributed by atoms with E-state index in [9.17, 15) is 9.59 Å². The van der Waals surface area contributed by atoms with Gasteiger partial charge < -0.3 is 0 Å². The zero-order valence-corrected chi connectivity index (χ0v) is 11.1. The van der Waals surface area contributed by atoms with E-state index in [1.165, 1.54) is 4.90 Å². The number of benzene rings is 1. The van der Waals surface area contributed by atoms with Crippen molar-refractivity contribution < 1.29 is 9.59 Å². The van der Waals surface area contributed by atoms with Gasteiger partial charge in [-0.25, -0.2) is 0 Å². The van der Waals surface area contributed by atoms with Gasteiger partial charge in [-0.3, -0.25) is 14.5 Å². The number of imide groups is 1. The highest BCUT2D eigenvalue weighted by Crippen LogP contribution is 2.22. The number of halogens is 1. The number of nitrogens with zero attached hydrogens (tertiary/aromatic N) is 2. The predicted octanol–water partition coefficient (Wildman–Crippen LogP) is 2.64. The second-order valence-corrected chi connectivity index (χ2v) is 4.91. The second-order valence-electron chi connectivity index (χ2n) is 4.50. The molecule has 2 amide bonds. The second kappa shape index (κ2) is 5.85. The normalized spacial score (nSPS) is 16.1. The third kappa shape index (κ3) is 3.12. The standard InChI is InChI=1S/C14H13ClN2O2/c15-12-7-10(8-16)5-6-11(12)9-17-13(18)3-1-2-4-14(17)19/h5-7H,1-4,9H2. The maximum absolute atomic E-state index is 11.9. The van der Waals surface area contributed by atoms with E-state index in [4.69, 9.17) is 16.9 Å². The monoisotopic (exact) mass is 276 g/mol. The summed E-state index contributed by atoms with van der Waals surface area (Å²) in [5.74, 6) is -0.300. The van der Waals surface area contributed by atoms with Gasteiger partial charge in [-0.2, -0.15) is 5.26 Å². The number of nitriles is 1. The molecule has 1 aromatic rings. The molecule has 1 saturated heterocycles. The number of carbonyl (C=O) groups is 2. The Bertz CT molecular complexity index is 545. The van der Waals surface area contributed by atoms with Gasteiger partial charge in [-0.05, 0) is 30.5 Å². The Hall–Kier alpha value is -1.86. The van der Waals surface area contributed by atoms with Crippen LogP contribution in [0, 0.1) is 11.3 Å². The fraction of sp³-hybridized carbons (Fsp3) is 0.357. The molecule has 0 aliphatic carbocycles. The molecule has 0 saturated carbocycles. The van der Waals surface area contributed by atoms with Crippen LogP contribution in [0.4, 0.5) is 0 Å². The third-order valence-corrected chi connectivity index (χ3v) is 3.50. The van der Waals surface area contributed by atoms with Gasteiger partial charge in [0.15, 0.2) is 0 Å². The van der Waals surface area contributed by atoms with Crippen LogP contribution < -0.4 is 0 Å². The fourth-order valence-electron chi connectivity index (χ4n) is 2.05. The molecule has 0 N–H and O–H groups in total. The van der Waals surface area contributed by atoms with E-state index in [0.717, 1.165) is 12.8 Å². The van der Waals surface area contributed by atoms with Crippen molar-refractivity contribution >= 4 is 23.4 Å². The smallest absolute Gasteiger partial charge is 0.229 e. The van der Waals surface area contributed by atoms with Gasteiger partial charge >= 0.3 is 0 Å². The quantitative estimate of drug-likeness (QED) is 0.780. The Balaban J connectivity index is 2.22. The Kier molecular flexibility index (Phi) is 4.18. The summed E-state index contributed by atoms with van der Waals surface area (Å²) in [4.78, 5) is 25.0. The summed E-state index contributed by atoms with van der Waals surface area (Å²) in [6.45, 7) is 0.183. The van der Waals surface area contributed by atoms with Gasteiger partial charge in [0, 0.05) is 17.9 Å². The summed E-state index contributed by atoms with van der Waals surface area (Å²) < 4.78 is 0. The van der Waals surface area contributed by atoms with Crippen molar-refractivity contribution in [2.75, 3.05) is 0 Å². The van der Waals surface area contributed by atoms with Gasteiger partial charge in [-0.1, -0.05) is 17.7 Å². The summed E-state index contributed by atoms with van der Waals surface area (Å²) in [5.41, 5.74) is 1.14. The molecular formula is C14H13ClN2O2. The number of carbonyl (C=O) groups excluding carboxylic acids is 2. The number of likely N-dealkylation sites (tertiary alicyclic amines) is 1. The zero-order valence-electron chi connectivity index (χ0n) is 10.4. The lowest BCUT2D eigenvalue weighted by atomic mass is 10.1. The molecule has 0 spiro atoms. The van der Waals surface area contributed by atoms with E-state index in [0.29, 0.717) is 29.0 Å². The molecule has 0 radical (unpaired) electrons. The first-order valence-electron chi connectivity index (χ1n) is 6.13. The molecule has 1 heterocycles. The molecule has 4 nitrogen and oxygen atoms in total. The van der Waals surface area contributed by atoms with E-state index < -0.39 is 0 Å². The van der Waals surface area contributed by atoms with Gasteiger partial charge in [0.1, 0.15) is 0 Å². The Morgan fingerprint density at radius 3 is 2.37 bits per heavy atom. The lowest BCUT2D eigenvalue weighted by molar-refractivity contribution is -0.144. The number of hydrogen-bond acceptors (Lipinski definition) is 3. The van der Waals surface area contributed by atoms with Crippen molar-refractivity contribution in [2.45, 2.75) is 32.2 Å². The van der Waals surface area contributed by atoms with Gasteiger partial charge in [0.2, 0.25) is 11.8 Å². The lowest BCUT2D eigenvalue weighted by Gasteiger charge is -2.19. The van der Waals surface area contributed by atoms with Gasteiger partial charge in [0.05, 0.1) is 18.2 Å². The molecule has 19 heavy (non-hydrogen) atoms. The summed E-state index contributed by atoms with van der Waals surface area (Å²) >= 11 is 6.06. The van der Waals surface area contributed by atoms with Crippen LogP contribution in [-0.2, 0) is 16.1 Å².